The van der Waals surface area contributed by atoms with Gasteiger partial charge < -0.3 is 4.43 Å². The molecule has 0 atom stereocenters. The van der Waals surface area contributed by atoms with Crippen LogP contribution in [0.3, 0.4) is 0 Å². The molecule has 0 aliphatic rings. The number of halogens is 1. The maximum absolute atomic E-state index is 6.22. The van der Waals surface area contributed by atoms with Crippen molar-refractivity contribution in [1.29, 1.82) is 0 Å². The van der Waals surface area contributed by atoms with E-state index < -0.39 is 0 Å². The normalized spacial score (nSPS) is 12.9. The molecule has 0 fully saturated rings. The first-order valence-corrected chi connectivity index (χ1v) is 9.09. The van der Waals surface area contributed by atoms with Gasteiger partial charge in [0.15, 0.2) is 0 Å². The van der Waals surface area contributed by atoms with Crippen LogP contribution >= 0.6 is 22.6 Å². The van der Waals surface area contributed by atoms with Crippen LogP contribution in [0.1, 0.15) is 45.7 Å². The lowest BCUT2D eigenvalue weighted by molar-refractivity contribution is 0.109. The second-order valence-corrected chi connectivity index (χ2v) is 10.1. The molecule has 2 radical (unpaired) electrons. The molecule has 0 saturated heterocycles. The summed E-state index contributed by atoms with van der Waals surface area (Å²) in [5.41, 5.74) is 3.18. The molecule has 1 aromatic heterocycles. The summed E-state index contributed by atoms with van der Waals surface area (Å²) < 4.78 is 7.39. The van der Waals surface area contributed by atoms with Crippen LogP contribution in [-0.2, 0) is 10.0 Å². The average Bonchev–Trinajstić information content (AvgIpc) is 2.35. The maximum atomic E-state index is 6.22. The van der Waals surface area contributed by atoms with E-state index in [1.54, 1.807) is 0 Å². The van der Waals surface area contributed by atoms with E-state index in [9.17, 15) is 0 Å². The number of hydrogen-bond acceptors (Lipinski definition) is 2. The SMILES string of the molecule is Cc1cnc2c(I)cc(C(C)(C)O[Si]C(C)(C)C)cc2c1. The molecular formula is C17H22INOSi. The van der Waals surface area contributed by atoms with Gasteiger partial charge in [-0.15, -0.1) is 0 Å². The first-order chi connectivity index (χ1) is 9.58. The van der Waals surface area contributed by atoms with Crippen molar-refractivity contribution in [3.8, 4) is 0 Å². The van der Waals surface area contributed by atoms with Crippen molar-refractivity contribution >= 4 is 43.3 Å². The van der Waals surface area contributed by atoms with E-state index in [-0.39, 0.29) is 10.6 Å². The van der Waals surface area contributed by atoms with Crippen LogP contribution in [0.25, 0.3) is 10.9 Å². The number of hydrogen-bond donors (Lipinski definition) is 0. The summed E-state index contributed by atoms with van der Waals surface area (Å²) in [4.78, 5) is 4.54. The van der Waals surface area contributed by atoms with Crippen molar-refractivity contribution in [3.05, 3.63) is 39.1 Å². The molecule has 112 valence electrons. The molecule has 0 N–H and O–H groups in total. The molecule has 0 unspecified atom stereocenters. The van der Waals surface area contributed by atoms with Gasteiger partial charge in [0, 0.05) is 15.2 Å². The highest BCUT2D eigenvalue weighted by atomic mass is 127. The Bertz CT molecular complexity index is 662. The topological polar surface area (TPSA) is 22.1 Å². The Hall–Kier alpha value is -0.463. The molecular weight excluding hydrogens is 389 g/mol. The fourth-order valence-corrected chi connectivity index (χ4v) is 3.47. The van der Waals surface area contributed by atoms with E-state index in [1.165, 1.54) is 20.1 Å². The molecule has 0 spiro atoms. The van der Waals surface area contributed by atoms with Gasteiger partial charge in [-0.2, -0.15) is 0 Å². The Kier molecular flexibility index (Phi) is 4.80. The molecule has 1 aromatic carbocycles. The lowest BCUT2D eigenvalue weighted by atomic mass is 9.96. The standard InChI is InChI=1S/C17H22INOSi/c1-11-7-12-8-13(9-14(18)15(12)19-10-11)17(5,6)20-21-16(2,3)4/h7-10H,1-6H3. The van der Waals surface area contributed by atoms with Gasteiger partial charge >= 0.3 is 0 Å². The van der Waals surface area contributed by atoms with E-state index in [4.69, 9.17) is 4.43 Å². The molecule has 0 bridgehead atoms. The Labute approximate surface area is 143 Å². The van der Waals surface area contributed by atoms with Crippen LogP contribution in [0.4, 0.5) is 0 Å². The zero-order chi connectivity index (χ0) is 15.8. The Morgan fingerprint density at radius 3 is 2.38 bits per heavy atom. The quantitative estimate of drug-likeness (QED) is 0.509. The first-order valence-electron chi connectivity index (χ1n) is 7.10. The van der Waals surface area contributed by atoms with Crippen molar-refractivity contribution in [2.24, 2.45) is 0 Å². The number of rotatable bonds is 3. The van der Waals surface area contributed by atoms with Crippen LogP contribution < -0.4 is 0 Å². The second kappa shape index (κ2) is 5.97. The third-order valence-electron chi connectivity index (χ3n) is 3.18. The Morgan fingerprint density at radius 2 is 1.76 bits per heavy atom. The summed E-state index contributed by atoms with van der Waals surface area (Å²) >= 11 is 2.36. The van der Waals surface area contributed by atoms with Crippen molar-refractivity contribution in [2.75, 3.05) is 0 Å². The molecule has 0 amide bonds. The average molecular weight is 411 g/mol. The van der Waals surface area contributed by atoms with Gasteiger partial charge in [-0.05, 0) is 77.7 Å². The first kappa shape index (κ1) is 16.9. The van der Waals surface area contributed by atoms with Gasteiger partial charge in [0.1, 0.15) is 0 Å². The molecule has 1 heterocycles. The van der Waals surface area contributed by atoms with E-state index in [0.29, 0.717) is 9.76 Å². The molecule has 21 heavy (non-hydrogen) atoms. The van der Waals surface area contributed by atoms with Crippen molar-refractivity contribution in [3.63, 3.8) is 0 Å². The maximum Gasteiger partial charge on any atom is 0.236 e. The van der Waals surface area contributed by atoms with Crippen LogP contribution in [0.2, 0.25) is 5.04 Å². The highest BCUT2D eigenvalue weighted by Crippen LogP contribution is 2.32. The number of pyridine rings is 1. The number of aryl methyl sites for hydroxylation is 1. The minimum absolute atomic E-state index is 0.194. The van der Waals surface area contributed by atoms with E-state index in [1.807, 2.05) is 6.20 Å². The van der Waals surface area contributed by atoms with Gasteiger partial charge in [0.25, 0.3) is 0 Å². The minimum Gasteiger partial charge on any atom is -0.408 e. The third kappa shape index (κ3) is 4.26. The summed E-state index contributed by atoms with van der Waals surface area (Å²) in [5, 5.41) is 1.38. The molecule has 0 saturated carbocycles. The summed E-state index contributed by atoms with van der Waals surface area (Å²) in [6, 6.07) is 6.60. The summed E-state index contributed by atoms with van der Waals surface area (Å²) in [7, 11) is 0.472. The molecule has 4 heteroatoms. The predicted molar refractivity (Wildman–Crippen MR) is 98.8 cm³/mol. The minimum atomic E-state index is -0.288. The molecule has 0 aliphatic carbocycles. The van der Waals surface area contributed by atoms with E-state index >= 15 is 0 Å². The van der Waals surface area contributed by atoms with E-state index in [0.717, 1.165) is 5.52 Å². The number of aromatic nitrogens is 1. The molecule has 2 nitrogen and oxygen atoms in total. The van der Waals surface area contributed by atoms with Gasteiger partial charge in [-0.1, -0.05) is 20.8 Å². The van der Waals surface area contributed by atoms with Crippen LogP contribution in [0, 0.1) is 10.5 Å². The third-order valence-corrected chi connectivity index (χ3v) is 5.23. The summed E-state index contributed by atoms with van der Waals surface area (Å²) in [6.45, 7) is 13.0. The van der Waals surface area contributed by atoms with Crippen LogP contribution in [0.15, 0.2) is 24.4 Å². The fourth-order valence-electron chi connectivity index (χ4n) is 2.00. The number of benzene rings is 1. The van der Waals surface area contributed by atoms with Crippen molar-refractivity contribution < 1.29 is 4.43 Å². The van der Waals surface area contributed by atoms with Gasteiger partial charge in [-0.25, -0.2) is 0 Å². The van der Waals surface area contributed by atoms with E-state index in [2.05, 4.69) is 87.3 Å². The molecule has 0 aliphatic heterocycles. The second-order valence-electron chi connectivity index (χ2n) is 7.01. The number of fused-ring (bicyclic) bond motifs is 1. The van der Waals surface area contributed by atoms with Gasteiger partial charge in [-0.3, -0.25) is 4.98 Å². The molecule has 2 aromatic rings. The van der Waals surface area contributed by atoms with Gasteiger partial charge in [0.05, 0.1) is 11.1 Å². The van der Waals surface area contributed by atoms with Crippen molar-refractivity contribution in [2.45, 2.75) is 52.2 Å². The largest absolute Gasteiger partial charge is 0.408 e. The predicted octanol–water partition coefficient (Wildman–Crippen LogP) is 5.24. The fraction of sp³-hybridized carbons (Fsp3) is 0.471. The number of nitrogens with zero attached hydrogens (tertiary/aromatic N) is 1. The zero-order valence-corrected chi connectivity index (χ0v) is 16.7. The lowest BCUT2D eigenvalue weighted by Gasteiger charge is -2.30. The lowest BCUT2D eigenvalue weighted by Crippen LogP contribution is -2.27. The Morgan fingerprint density at radius 1 is 1.10 bits per heavy atom. The summed E-state index contributed by atoms with van der Waals surface area (Å²) in [6.07, 6.45) is 1.92. The van der Waals surface area contributed by atoms with Crippen LogP contribution in [0.5, 0.6) is 0 Å². The van der Waals surface area contributed by atoms with Crippen LogP contribution in [-0.4, -0.2) is 14.7 Å². The highest BCUT2D eigenvalue weighted by Gasteiger charge is 2.26. The summed E-state index contributed by atoms with van der Waals surface area (Å²) in [5.74, 6) is 0. The smallest absolute Gasteiger partial charge is 0.236 e. The highest BCUT2D eigenvalue weighted by molar-refractivity contribution is 14.1. The van der Waals surface area contributed by atoms with Gasteiger partial charge in [0.2, 0.25) is 9.76 Å². The molecule has 2 rings (SSSR count). The monoisotopic (exact) mass is 411 g/mol. The van der Waals surface area contributed by atoms with Crippen molar-refractivity contribution in [1.82, 2.24) is 4.98 Å². The zero-order valence-electron chi connectivity index (χ0n) is 13.5. The Balaban J connectivity index is 2.41.